The van der Waals surface area contributed by atoms with Gasteiger partial charge in [-0.3, -0.25) is 19.0 Å². The molecule has 0 spiro atoms. The molecule has 0 fully saturated rings. The Balaban J connectivity index is 1.39. The smallest absolute Gasteiger partial charge is 0.263 e. The van der Waals surface area contributed by atoms with Gasteiger partial charge in [0, 0.05) is 16.3 Å². The summed E-state index contributed by atoms with van der Waals surface area (Å²) in [4.78, 5) is 45.7. The summed E-state index contributed by atoms with van der Waals surface area (Å²) < 4.78 is 1.59. The second-order valence-corrected chi connectivity index (χ2v) is 11.0. The van der Waals surface area contributed by atoms with Crippen molar-refractivity contribution in [3.63, 3.8) is 0 Å². The largest absolute Gasteiger partial charge is 0.365 e. The zero-order valence-corrected chi connectivity index (χ0v) is 19.8. The maximum Gasteiger partial charge on any atom is 0.263 e. The Hall–Kier alpha value is -2.43. The summed E-state index contributed by atoms with van der Waals surface area (Å²) in [5.74, 6) is -0.698. The Bertz CT molecular complexity index is 1330. The van der Waals surface area contributed by atoms with E-state index in [1.807, 2.05) is 0 Å². The highest BCUT2D eigenvalue weighted by Crippen LogP contribution is 2.39. The summed E-state index contributed by atoms with van der Waals surface area (Å²) in [6, 6.07) is 0. The lowest BCUT2D eigenvalue weighted by molar-refractivity contribution is -0.113. The maximum atomic E-state index is 13.2. The van der Waals surface area contributed by atoms with Crippen LogP contribution in [0.5, 0.6) is 0 Å². The predicted octanol–water partition coefficient (Wildman–Crippen LogP) is 3.51. The number of hydrogen-bond acceptors (Lipinski definition) is 7. The number of nitrogens with two attached hydrogens (primary N) is 1. The number of aromatic nitrogens is 2. The molecule has 0 atom stereocenters. The number of carbonyl (C=O) groups excluding carboxylic acids is 2. The van der Waals surface area contributed by atoms with Crippen LogP contribution in [-0.4, -0.2) is 27.1 Å². The normalized spacial score (nSPS) is 14.5. The first-order valence-electron chi connectivity index (χ1n) is 10.5. The van der Waals surface area contributed by atoms with Crippen molar-refractivity contribution in [2.24, 2.45) is 5.73 Å². The zero-order valence-electron chi connectivity index (χ0n) is 17.4. The molecule has 166 valence electrons. The summed E-state index contributed by atoms with van der Waals surface area (Å²) in [6.07, 6.45) is 7.39. The maximum absolute atomic E-state index is 13.2. The van der Waals surface area contributed by atoms with Crippen LogP contribution in [0.4, 0.5) is 5.00 Å². The van der Waals surface area contributed by atoms with Gasteiger partial charge in [0.1, 0.15) is 9.83 Å². The summed E-state index contributed by atoms with van der Waals surface area (Å²) >= 11 is 4.23. The molecule has 3 aromatic rings. The molecule has 7 nitrogen and oxygen atoms in total. The monoisotopic (exact) mass is 486 g/mol. The molecule has 2 aliphatic rings. The Morgan fingerprint density at radius 1 is 1.16 bits per heavy atom. The minimum absolute atomic E-state index is 0.0668. The van der Waals surface area contributed by atoms with Gasteiger partial charge in [0.05, 0.1) is 16.7 Å². The van der Waals surface area contributed by atoms with Gasteiger partial charge in [-0.1, -0.05) is 17.8 Å². The minimum atomic E-state index is -0.509. The van der Waals surface area contributed by atoms with Crippen LogP contribution in [0.2, 0.25) is 0 Å². The van der Waals surface area contributed by atoms with Gasteiger partial charge < -0.3 is 11.1 Å². The molecule has 3 aromatic heterocycles. The first-order valence-corrected chi connectivity index (χ1v) is 13.1. The first kappa shape index (κ1) is 21.4. The number of thiophene rings is 2. The predicted molar refractivity (Wildman–Crippen MR) is 130 cm³/mol. The fourth-order valence-corrected chi connectivity index (χ4v) is 7.93. The van der Waals surface area contributed by atoms with Crippen LogP contribution in [0.15, 0.2) is 22.6 Å². The quantitative estimate of drug-likeness (QED) is 0.302. The van der Waals surface area contributed by atoms with Gasteiger partial charge in [0.25, 0.3) is 11.5 Å². The standard InChI is InChI=1S/C22H22N4O3S3/c1-2-9-26-21(29)17-12-6-4-8-14(12)32-20(17)25-22(26)30-10-15(27)24-19-16(18(23)28)11-5-3-7-13(11)31-19/h2H,1,3-10H2,(H2,23,28)(H,24,27). The number of nitrogens with one attached hydrogen (secondary N) is 1. The molecule has 0 saturated heterocycles. The third-order valence-electron chi connectivity index (χ3n) is 5.85. The highest BCUT2D eigenvalue weighted by atomic mass is 32.2. The van der Waals surface area contributed by atoms with Crippen molar-refractivity contribution >= 4 is 61.5 Å². The number of primary amides is 1. The van der Waals surface area contributed by atoms with Gasteiger partial charge in [-0.15, -0.1) is 29.3 Å². The van der Waals surface area contributed by atoms with Crippen LogP contribution >= 0.6 is 34.4 Å². The first-order chi connectivity index (χ1) is 15.5. The molecule has 32 heavy (non-hydrogen) atoms. The van der Waals surface area contributed by atoms with Gasteiger partial charge in [0.2, 0.25) is 5.91 Å². The lowest BCUT2D eigenvalue weighted by Crippen LogP contribution is -2.24. The van der Waals surface area contributed by atoms with Gasteiger partial charge >= 0.3 is 0 Å². The number of allylic oxidation sites excluding steroid dienone is 1. The van der Waals surface area contributed by atoms with Crippen molar-refractivity contribution < 1.29 is 9.59 Å². The molecule has 0 radical (unpaired) electrons. The van der Waals surface area contributed by atoms with Gasteiger partial charge in [0.15, 0.2) is 5.16 Å². The van der Waals surface area contributed by atoms with Crippen LogP contribution < -0.4 is 16.6 Å². The summed E-state index contributed by atoms with van der Waals surface area (Å²) in [7, 11) is 0. The Morgan fingerprint density at radius 3 is 2.59 bits per heavy atom. The van der Waals surface area contributed by atoms with E-state index < -0.39 is 5.91 Å². The van der Waals surface area contributed by atoms with Crippen molar-refractivity contribution in [1.29, 1.82) is 0 Å². The summed E-state index contributed by atoms with van der Waals surface area (Å²) in [5, 5.41) is 4.60. The van der Waals surface area contributed by atoms with Crippen molar-refractivity contribution in [3.05, 3.63) is 49.5 Å². The Morgan fingerprint density at radius 2 is 1.88 bits per heavy atom. The third kappa shape index (κ3) is 3.60. The number of aryl methyl sites for hydroxylation is 3. The summed E-state index contributed by atoms with van der Waals surface area (Å²) in [6.45, 7) is 4.10. The number of thioether (sulfide) groups is 1. The molecule has 2 aliphatic carbocycles. The van der Waals surface area contributed by atoms with Crippen molar-refractivity contribution in [3.8, 4) is 0 Å². The number of amides is 2. The molecule has 0 bridgehead atoms. The highest BCUT2D eigenvalue weighted by Gasteiger charge is 2.27. The SMILES string of the molecule is C=CCn1c(SCC(=O)Nc2sc3c(c2C(N)=O)CCC3)nc2sc3c(c2c1=O)CCC3. The van der Waals surface area contributed by atoms with E-state index in [0.29, 0.717) is 22.3 Å². The number of nitrogens with zero attached hydrogens (tertiary/aromatic N) is 2. The van der Waals surface area contributed by atoms with Crippen LogP contribution in [0, 0.1) is 0 Å². The molecule has 2 amide bonds. The van der Waals surface area contributed by atoms with Gasteiger partial charge in [-0.2, -0.15) is 0 Å². The zero-order chi connectivity index (χ0) is 22.4. The minimum Gasteiger partial charge on any atom is -0.365 e. The second-order valence-electron chi connectivity index (χ2n) is 7.90. The van der Waals surface area contributed by atoms with E-state index in [1.54, 1.807) is 22.0 Å². The molecule has 0 aromatic carbocycles. The van der Waals surface area contributed by atoms with Crippen LogP contribution in [0.3, 0.4) is 0 Å². The second kappa shape index (κ2) is 8.49. The third-order valence-corrected chi connectivity index (χ3v) is 9.22. The number of hydrogen-bond donors (Lipinski definition) is 2. The van der Waals surface area contributed by atoms with Crippen molar-refractivity contribution in [2.75, 3.05) is 11.1 Å². The van der Waals surface area contributed by atoms with E-state index in [-0.39, 0.29) is 17.2 Å². The van der Waals surface area contributed by atoms with E-state index in [9.17, 15) is 14.4 Å². The number of anilines is 1. The van der Waals surface area contributed by atoms with Crippen molar-refractivity contribution in [2.45, 2.75) is 50.2 Å². The average molecular weight is 487 g/mol. The van der Waals surface area contributed by atoms with E-state index in [1.165, 1.54) is 28.0 Å². The molecule has 10 heteroatoms. The van der Waals surface area contributed by atoms with E-state index >= 15 is 0 Å². The van der Waals surface area contributed by atoms with Gasteiger partial charge in [-0.25, -0.2) is 4.98 Å². The lowest BCUT2D eigenvalue weighted by Gasteiger charge is -2.11. The van der Waals surface area contributed by atoms with E-state index in [0.717, 1.165) is 64.7 Å². The number of rotatable bonds is 7. The van der Waals surface area contributed by atoms with Crippen LogP contribution in [-0.2, 0) is 37.0 Å². The molecule has 5 rings (SSSR count). The lowest BCUT2D eigenvalue weighted by atomic mass is 10.1. The van der Waals surface area contributed by atoms with Gasteiger partial charge in [-0.05, 0) is 49.7 Å². The fraction of sp³-hybridized carbons (Fsp3) is 0.364. The average Bonchev–Trinajstić information content (AvgIpc) is 3.48. The molecular weight excluding hydrogens is 464 g/mol. The topological polar surface area (TPSA) is 107 Å². The molecule has 3 N–H and O–H groups in total. The van der Waals surface area contributed by atoms with Crippen LogP contribution in [0.1, 0.15) is 44.1 Å². The molecule has 0 aliphatic heterocycles. The Labute approximate surface area is 196 Å². The number of carbonyl (C=O) groups is 2. The van der Waals surface area contributed by atoms with Crippen molar-refractivity contribution in [1.82, 2.24) is 9.55 Å². The van der Waals surface area contributed by atoms with E-state index in [4.69, 9.17) is 10.7 Å². The highest BCUT2D eigenvalue weighted by molar-refractivity contribution is 7.99. The van der Waals surface area contributed by atoms with E-state index in [2.05, 4.69) is 11.9 Å². The summed E-state index contributed by atoms with van der Waals surface area (Å²) in [5.41, 5.74) is 8.07. The number of fused-ring (bicyclic) bond motifs is 4. The fourth-order valence-electron chi connectivity index (χ4n) is 4.50. The molecule has 0 unspecified atom stereocenters. The van der Waals surface area contributed by atoms with Crippen LogP contribution in [0.25, 0.3) is 10.2 Å². The molecule has 3 heterocycles. The molecule has 0 saturated carbocycles. The molecular formula is C22H22N4O3S3. The Kier molecular flexibility index (Phi) is 5.68.